The van der Waals surface area contributed by atoms with E-state index in [2.05, 4.69) is 27.8 Å². The zero-order valence-electron chi connectivity index (χ0n) is 6.46. The van der Waals surface area contributed by atoms with Gasteiger partial charge in [0.25, 0.3) is 0 Å². The number of sulfone groups is 1. The smallest absolute Gasteiger partial charge is 0.173 e. The van der Waals surface area contributed by atoms with Gasteiger partial charge in [-0.3, -0.25) is 0 Å². The Labute approximate surface area is 80.6 Å². The normalized spacial score (nSPS) is 25.9. The van der Waals surface area contributed by atoms with Crippen molar-refractivity contribution in [2.24, 2.45) is 0 Å². The molecule has 1 heterocycles. The molecule has 5 heteroatoms. The summed E-state index contributed by atoms with van der Waals surface area (Å²) in [5, 5.41) is 4.28. The van der Waals surface area contributed by atoms with Crippen LogP contribution in [0.3, 0.4) is 0 Å². The number of hydrogen-bond donors (Lipinski definition) is 1. The van der Waals surface area contributed by atoms with E-state index in [0.29, 0.717) is 6.54 Å². The summed E-state index contributed by atoms with van der Waals surface area (Å²) in [6.45, 7) is 4.22. The number of hydrogen-bond acceptors (Lipinski definition) is 3. The van der Waals surface area contributed by atoms with Crippen LogP contribution in [0.1, 0.15) is 0 Å². The van der Waals surface area contributed by atoms with Crippen LogP contribution >= 0.6 is 15.9 Å². The van der Waals surface area contributed by atoms with Gasteiger partial charge < -0.3 is 5.32 Å². The zero-order valence-corrected chi connectivity index (χ0v) is 8.86. The molecule has 3 nitrogen and oxygen atoms in total. The van der Waals surface area contributed by atoms with Crippen LogP contribution in [-0.2, 0) is 9.84 Å². The second-order valence-electron chi connectivity index (χ2n) is 2.66. The number of nitrogens with one attached hydrogen (secondary N) is 1. The second-order valence-corrected chi connectivity index (χ2v) is 5.72. The van der Waals surface area contributed by atoms with Gasteiger partial charge >= 0.3 is 0 Å². The lowest BCUT2D eigenvalue weighted by molar-refractivity contribution is 0.597. The molecule has 1 aliphatic rings. The summed E-state index contributed by atoms with van der Waals surface area (Å²) < 4.78 is 22.7. The van der Waals surface area contributed by atoms with E-state index in [1.165, 1.54) is 5.41 Å². The minimum atomic E-state index is -2.93. The Hall–Kier alpha value is -0.130. The first-order valence-corrected chi connectivity index (χ1v) is 5.98. The van der Waals surface area contributed by atoms with Crippen LogP contribution in [0.5, 0.6) is 0 Å². The van der Waals surface area contributed by atoms with Gasteiger partial charge in [0.1, 0.15) is 0 Å². The zero-order chi connectivity index (χ0) is 9.19. The topological polar surface area (TPSA) is 46.2 Å². The average Bonchev–Trinajstić information content (AvgIpc) is 2.26. The molecule has 0 saturated carbocycles. The van der Waals surface area contributed by atoms with Crippen molar-refractivity contribution in [2.45, 2.75) is 6.04 Å². The predicted molar refractivity (Wildman–Crippen MR) is 52.8 cm³/mol. The first kappa shape index (κ1) is 9.95. The summed E-state index contributed by atoms with van der Waals surface area (Å²) in [6.07, 6.45) is 1.66. The molecule has 0 aliphatic carbocycles. The van der Waals surface area contributed by atoms with Crippen LogP contribution in [0.4, 0.5) is 0 Å². The first-order chi connectivity index (χ1) is 5.49. The Morgan fingerprint density at radius 3 is 2.83 bits per heavy atom. The fourth-order valence-corrected chi connectivity index (χ4v) is 2.38. The largest absolute Gasteiger partial charge is 0.305 e. The van der Waals surface area contributed by atoms with E-state index < -0.39 is 9.84 Å². The van der Waals surface area contributed by atoms with Crippen molar-refractivity contribution >= 4 is 25.8 Å². The molecule has 1 N–H and O–H groups in total. The highest BCUT2D eigenvalue weighted by atomic mass is 79.9. The van der Waals surface area contributed by atoms with Gasteiger partial charge in [-0.2, -0.15) is 0 Å². The van der Waals surface area contributed by atoms with E-state index in [-0.39, 0.29) is 11.8 Å². The van der Waals surface area contributed by atoms with Gasteiger partial charge in [0.05, 0.1) is 5.75 Å². The second kappa shape index (κ2) is 3.72. The molecular formula is C7H10BrNO2S. The first-order valence-electron chi connectivity index (χ1n) is 3.47. The van der Waals surface area contributed by atoms with Gasteiger partial charge in [-0.1, -0.05) is 28.6 Å². The van der Waals surface area contributed by atoms with Crippen LogP contribution < -0.4 is 5.32 Å². The minimum Gasteiger partial charge on any atom is -0.305 e. The Kier molecular flexibility index (Phi) is 3.09. The van der Waals surface area contributed by atoms with Crippen molar-refractivity contribution in [1.29, 1.82) is 0 Å². The highest BCUT2D eigenvalue weighted by Gasteiger charge is 2.20. The van der Waals surface area contributed by atoms with Crippen LogP contribution in [-0.4, -0.2) is 26.8 Å². The maximum absolute atomic E-state index is 10.9. The van der Waals surface area contributed by atoms with Crippen molar-refractivity contribution in [3.8, 4) is 0 Å². The van der Waals surface area contributed by atoms with Crippen molar-refractivity contribution in [2.75, 3.05) is 12.3 Å². The summed E-state index contributed by atoms with van der Waals surface area (Å²) in [5.41, 5.74) is 0. The maximum Gasteiger partial charge on any atom is 0.173 e. The van der Waals surface area contributed by atoms with E-state index in [0.717, 1.165) is 4.48 Å². The molecular weight excluding hydrogens is 242 g/mol. The van der Waals surface area contributed by atoms with Crippen molar-refractivity contribution in [3.05, 3.63) is 22.5 Å². The molecule has 68 valence electrons. The minimum absolute atomic E-state index is 0.0655. The van der Waals surface area contributed by atoms with E-state index in [9.17, 15) is 8.42 Å². The lowest BCUT2D eigenvalue weighted by Crippen LogP contribution is -2.30. The molecule has 1 atom stereocenters. The quantitative estimate of drug-likeness (QED) is 0.808. The van der Waals surface area contributed by atoms with Gasteiger partial charge in [0.2, 0.25) is 0 Å². The maximum atomic E-state index is 10.9. The summed E-state index contributed by atoms with van der Waals surface area (Å²) in [4.78, 5) is 0. The Morgan fingerprint density at radius 2 is 2.42 bits per heavy atom. The molecule has 0 saturated heterocycles. The van der Waals surface area contributed by atoms with Crippen molar-refractivity contribution in [3.63, 3.8) is 0 Å². The molecule has 1 unspecified atom stereocenters. The van der Waals surface area contributed by atoms with Gasteiger partial charge in [0.15, 0.2) is 9.84 Å². The lowest BCUT2D eigenvalue weighted by atomic mass is 10.3. The summed E-state index contributed by atoms with van der Waals surface area (Å²) in [5.74, 6) is 0.160. The fourth-order valence-electron chi connectivity index (χ4n) is 0.945. The molecule has 0 aromatic heterocycles. The lowest BCUT2D eigenvalue weighted by Gasteiger charge is -2.07. The Balaban J connectivity index is 2.40. The molecule has 12 heavy (non-hydrogen) atoms. The number of halogens is 1. The van der Waals surface area contributed by atoms with Crippen LogP contribution in [0.15, 0.2) is 22.5 Å². The van der Waals surface area contributed by atoms with Gasteiger partial charge in [-0.25, -0.2) is 8.42 Å². The van der Waals surface area contributed by atoms with E-state index in [1.807, 2.05) is 0 Å². The van der Waals surface area contributed by atoms with E-state index in [4.69, 9.17) is 0 Å². The molecule has 0 amide bonds. The molecule has 0 radical (unpaired) electrons. The standard InChI is InChI=1S/C7H10BrNO2S/c1-6(8)4-9-7-2-3-12(10,11)5-7/h2-3,7,9H,1,4-5H2. The predicted octanol–water partition coefficient (Wildman–Crippen LogP) is 0.795. The molecule has 0 spiro atoms. The summed E-state index contributed by atoms with van der Waals surface area (Å²) in [7, 11) is -2.93. The van der Waals surface area contributed by atoms with Crippen LogP contribution in [0.2, 0.25) is 0 Å². The molecule has 0 fully saturated rings. The monoisotopic (exact) mass is 251 g/mol. The fraction of sp³-hybridized carbons (Fsp3) is 0.429. The van der Waals surface area contributed by atoms with E-state index >= 15 is 0 Å². The van der Waals surface area contributed by atoms with Gasteiger partial charge in [-0.05, 0) is 0 Å². The van der Waals surface area contributed by atoms with Crippen molar-refractivity contribution < 1.29 is 8.42 Å². The Morgan fingerprint density at radius 1 is 1.75 bits per heavy atom. The third kappa shape index (κ3) is 3.08. The molecule has 0 aromatic carbocycles. The molecule has 0 bridgehead atoms. The van der Waals surface area contributed by atoms with E-state index in [1.54, 1.807) is 6.08 Å². The van der Waals surface area contributed by atoms with Crippen LogP contribution in [0, 0.1) is 0 Å². The number of rotatable bonds is 3. The Bertz CT molecular complexity index is 307. The van der Waals surface area contributed by atoms with Crippen LogP contribution in [0.25, 0.3) is 0 Å². The average molecular weight is 252 g/mol. The SMILES string of the molecule is C=C(Br)CNC1C=CS(=O)(=O)C1. The molecule has 1 rings (SSSR count). The molecule has 1 aliphatic heterocycles. The van der Waals surface area contributed by atoms with Crippen molar-refractivity contribution in [1.82, 2.24) is 5.32 Å². The van der Waals surface area contributed by atoms with Gasteiger partial charge in [-0.15, -0.1) is 0 Å². The summed E-state index contributed by atoms with van der Waals surface area (Å²) in [6, 6.07) is -0.0655. The third-order valence-electron chi connectivity index (χ3n) is 1.49. The highest BCUT2D eigenvalue weighted by molar-refractivity contribution is 9.11. The highest BCUT2D eigenvalue weighted by Crippen LogP contribution is 2.08. The summed E-state index contributed by atoms with van der Waals surface area (Å²) >= 11 is 3.18. The van der Waals surface area contributed by atoms with Gasteiger partial charge in [0, 0.05) is 22.5 Å². The third-order valence-corrected chi connectivity index (χ3v) is 3.16. The molecule has 0 aromatic rings.